The van der Waals surface area contributed by atoms with Crippen LogP contribution in [0.4, 0.5) is 11.4 Å². The Morgan fingerprint density at radius 2 is 2.26 bits per heavy atom. The Kier molecular flexibility index (Phi) is 4.10. The van der Waals surface area contributed by atoms with Gasteiger partial charge in [-0.15, -0.1) is 0 Å². The number of rotatable bonds is 3. The number of hydrogen-bond acceptors (Lipinski definition) is 4. The number of nitro groups is 1. The number of benzene rings is 1. The maximum Gasteiger partial charge on any atom is 0.293 e. The van der Waals surface area contributed by atoms with E-state index in [1.54, 1.807) is 19.2 Å². The Labute approximate surface area is 120 Å². The standard InChI is InChI=1S/C13H17BrN2O3/c1-13(19-2)6-3-7-15(9-13)11-5-4-10(14)8-12(11)16(17)18/h4-5,8H,3,6-7,9H2,1-2H3. The largest absolute Gasteiger partial charge is 0.377 e. The number of methoxy groups -OCH3 is 1. The second kappa shape index (κ2) is 5.46. The smallest absolute Gasteiger partial charge is 0.293 e. The summed E-state index contributed by atoms with van der Waals surface area (Å²) in [6, 6.07) is 5.18. The molecule has 1 heterocycles. The summed E-state index contributed by atoms with van der Waals surface area (Å²) < 4.78 is 6.25. The van der Waals surface area contributed by atoms with Gasteiger partial charge in [-0.3, -0.25) is 10.1 Å². The van der Waals surface area contributed by atoms with Gasteiger partial charge >= 0.3 is 0 Å². The summed E-state index contributed by atoms with van der Waals surface area (Å²) in [5.41, 5.74) is 0.560. The summed E-state index contributed by atoms with van der Waals surface area (Å²) in [4.78, 5) is 12.9. The van der Waals surface area contributed by atoms with Crippen LogP contribution >= 0.6 is 15.9 Å². The van der Waals surface area contributed by atoms with Crippen molar-refractivity contribution < 1.29 is 9.66 Å². The second-order valence-electron chi connectivity index (χ2n) is 5.07. The molecule has 1 aliphatic rings. The highest BCUT2D eigenvalue weighted by molar-refractivity contribution is 9.10. The van der Waals surface area contributed by atoms with Crippen LogP contribution in [-0.2, 0) is 4.74 Å². The highest BCUT2D eigenvalue weighted by Gasteiger charge is 2.33. The van der Waals surface area contributed by atoms with Crippen LogP contribution in [0.25, 0.3) is 0 Å². The van der Waals surface area contributed by atoms with Crippen LogP contribution in [0.3, 0.4) is 0 Å². The van der Waals surface area contributed by atoms with Gasteiger partial charge in [0, 0.05) is 30.7 Å². The molecule has 19 heavy (non-hydrogen) atoms. The fourth-order valence-corrected chi connectivity index (χ4v) is 2.84. The third-order valence-corrected chi connectivity index (χ3v) is 4.12. The SMILES string of the molecule is COC1(C)CCCN(c2ccc(Br)cc2[N+](=O)[O-])C1. The number of nitro benzene ring substituents is 1. The molecule has 1 unspecified atom stereocenters. The molecule has 0 saturated carbocycles. The maximum absolute atomic E-state index is 11.2. The predicted molar refractivity (Wildman–Crippen MR) is 77.7 cm³/mol. The zero-order chi connectivity index (χ0) is 14.0. The first kappa shape index (κ1) is 14.3. The van der Waals surface area contributed by atoms with Crippen molar-refractivity contribution in [2.75, 3.05) is 25.1 Å². The van der Waals surface area contributed by atoms with Crippen LogP contribution < -0.4 is 4.90 Å². The van der Waals surface area contributed by atoms with Gasteiger partial charge in [0.1, 0.15) is 5.69 Å². The lowest BCUT2D eigenvalue weighted by Gasteiger charge is -2.40. The summed E-state index contributed by atoms with van der Waals surface area (Å²) in [6.07, 6.45) is 1.95. The molecule has 0 N–H and O–H groups in total. The average Bonchev–Trinajstić information content (AvgIpc) is 2.38. The minimum atomic E-state index is -0.334. The first-order chi connectivity index (χ1) is 8.95. The van der Waals surface area contributed by atoms with Crippen LogP contribution in [-0.4, -0.2) is 30.7 Å². The molecule has 1 aromatic carbocycles. The van der Waals surface area contributed by atoms with Crippen molar-refractivity contribution in [2.45, 2.75) is 25.4 Å². The first-order valence-corrected chi connectivity index (χ1v) is 6.98. The summed E-state index contributed by atoms with van der Waals surface area (Å²) >= 11 is 3.28. The number of piperidine rings is 1. The van der Waals surface area contributed by atoms with Crippen LogP contribution in [0.15, 0.2) is 22.7 Å². The Balaban J connectivity index is 2.33. The fourth-order valence-electron chi connectivity index (χ4n) is 2.49. The molecule has 1 aliphatic heterocycles. The summed E-state index contributed by atoms with van der Waals surface area (Å²) in [5, 5.41) is 11.2. The first-order valence-electron chi connectivity index (χ1n) is 6.19. The molecule has 5 nitrogen and oxygen atoms in total. The Morgan fingerprint density at radius 1 is 1.53 bits per heavy atom. The van der Waals surface area contributed by atoms with E-state index in [1.807, 2.05) is 17.9 Å². The zero-order valence-corrected chi connectivity index (χ0v) is 12.6. The molecule has 0 aliphatic carbocycles. The zero-order valence-electron chi connectivity index (χ0n) is 11.1. The van der Waals surface area contributed by atoms with Crippen molar-refractivity contribution in [1.82, 2.24) is 0 Å². The van der Waals surface area contributed by atoms with Gasteiger partial charge in [0.05, 0.1) is 10.5 Å². The quantitative estimate of drug-likeness (QED) is 0.630. The van der Waals surface area contributed by atoms with E-state index < -0.39 is 0 Å². The minimum absolute atomic E-state index is 0.134. The number of halogens is 1. The van der Waals surface area contributed by atoms with Gasteiger partial charge in [0.15, 0.2) is 0 Å². The topological polar surface area (TPSA) is 55.6 Å². The monoisotopic (exact) mass is 328 g/mol. The van der Waals surface area contributed by atoms with Gasteiger partial charge in [-0.1, -0.05) is 15.9 Å². The van der Waals surface area contributed by atoms with Crippen molar-refractivity contribution in [3.8, 4) is 0 Å². The Bertz CT molecular complexity index is 495. The molecule has 0 bridgehead atoms. The maximum atomic E-state index is 11.2. The van der Waals surface area contributed by atoms with E-state index in [0.29, 0.717) is 12.2 Å². The molecule has 1 aromatic rings. The third-order valence-electron chi connectivity index (χ3n) is 3.63. The summed E-state index contributed by atoms with van der Waals surface area (Å²) in [5.74, 6) is 0. The van der Waals surface area contributed by atoms with E-state index in [-0.39, 0.29) is 16.2 Å². The van der Waals surface area contributed by atoms with Crippen molar-refractivity contribution in [3.05, 3.63) is 32.8 Å². The molecule has 1 fully saturated rings. The van der Waals surface area contributed by atoms with Gasteiger partial charge in [-0.2, -0.15) is 0 Å². The average molecular weight is 329 g/mol. The molecule has 1 atom stereocenters. The van der Waals surface area contributed by atoms with Crippen molar-refractivity contribution in [3.63, 3.8) is 0 Å². The minimum Gasteiger partial charge on any atom is -0.377 e. The van der Waals surface area contributed by atoms with Crippen LogP contribution in [0.5, 0.6) is 0 Å². The number of anilines is 1. The highest BCUT2D eigenvalue weighted by Crippen LogP contribution is 2.35. The molecule has 0 aromatic heterocycles. The van der Waals surface area contributed by atoms with Gasteiger partial charge in [0.2, 0.25) is 0 Å². The molecule has 0 radical (unpaired) electrons. The molecular formula is C13H17BrN2O3. The molecule has 1 saturated heterocycles. The van der Waals surface area contributed by atoms with Gasteiger partial charge < -0.3 is 9.64 Å². The number of nitrogens with zero attached hydrogens (tertiary/aromatic N) is 2. The van der Waals surface area contributed by atoms with Crippen molar-refractivity contribution in [2.24, 2.45) is 0 Å². The highest BCUT2D eigenvalue weighted by atomic mass is 79.9. The Morgan fingerprint density at radius 3 is 2.89 bits per heavy atom. The van der Waals surface area contributed by atoms with E-state index in [2.05, 4.69) is 15.9 Å². The van der Waals surface area contributed by atoms with E-state index in [9.17, 15) is 10.1 Å². The van der Waals surface area contributed by atoms with E-state index in [0.717, 1.165) is 23.9 Å². The lowest BCUT2D eigenvalue weighted by molar-refractivity contribution is -0.384. The van der Waals surface area contributed by atoms with Crippen LogP contribution in [0.2, 0.25) is 0 Å². The van der Waals surface area contributed by atoms with Gasteiger partial charge in [0.25, 0.3) is 5.69 Å². The van der Waals surface area contributed by atoms with E-state index in [4.69, 9.17) is 4.74 Å². The predicted octanol–water partition coefficient (Wildman–Crippen LogP) is 3.36. The van der Waals surface area contributed by atoms with Crippen molar-refractivity contribution >= 4 is 27.3 Å². The molecular weight excluding hydrogens is 312 g/mol. The molecule has 0 spiro atoms. The molecule has 2 rings (SSSR count). The number of hydrogen-bond donors (Lipinski definition) is 0. The van der Waals surface area contributed by atoms with Gasteiger partial charge in [-0.25, -0.2) is 0 Å². The fraction of sp³-hybridized carbons (Fsp3) is 0.538. The molecule has 104 valence electrons. The molecule has 0 amide bonds. The van der Waals surface area contributed by atoms with Crippen LogP contribution in [0.1, 0.15) is 19.8 Å². The summed E-state index contributed by atoms with van der Waals surface area (Å²) in [7, 11) is 1.69. The Hall–Kier alpha value is -1.14. The van der Waals surface area contributed by atoms with Crippen molar-refractivity contribution in [1.29, 1.82) is 0 Å². The normalized spacial score (nSPS) is 23.4. The van der Waals surface area contributed by atoms with Crippen LogP contribution in [0, 0.1) is 10.1 Å². The molecule has 6 heteroatoms. The third kappa shape index (κ3) is 3.06. The second-order valence-corrected chi connectivity index (χ2v) is 5.98. The van der Waals surface area contributed by atoms with Gasteiger partial charge in [-0.05, 0) is 31.9 Å². The van der Waals surface area contributed by atoms with E-state index >= 15 is 0 Å². The number of ether oxygens (including phenoxy) is 1. The lowest BCUT2D eigenvalue weighted by atomic mass is 9.94. The van der Waals surface area contributed by atoms with E-state index in [1.165, 1.54) is 0 Å². The lowest BCUT2D eigenvalue weighted by Crippen LogP contribution is -2.47. The summed E-state index contributed by atoms with van der Waals surface area (Å²) in [6.45, 7) is 3.54.